The van der Waals surface area contributed by atoms with Crippen LogP contribution < -0.4 is 10.0 Å². The van der Waals surface area contributed by atoms with Crippen molar-refractivity contribution >= 4 is 21.6 Å². The molecule has 22 heavy (non-hydrogen) atoms. The number of unbranched alkanes of at least 4 members (excludes halogenated alkanes) is 3. The standard InChI is InChI=1S/C16H24N2O3S/c1-3-5-6-7-8-16(19)18-14-9-11-15(12-10-14)22(20,21)17-13-4-2/h4,9-12,17H,2-3,5-8,13H2,1H3,(H,18,19). The lowest BCUT2D eigenvalue weighted by Gasteiger charge is -2.07. The molecule has 0 aliphatic heterocycles. The van der Waals surface area contributed by atoms with Crippen LogP contribution in [-0.2, 0) is 14.8 Å². The molecule has 5 nitrogen and oxygen atoms in total. The van der Waals surface area contributed by atoms with Gasteiger partial charge in [-0.05, 0) is 30.7 Å². The summed E-state index contributed by atoms with van der Waals surface area (Å²) in [6, 6.07) is 6.12. The average Bonchev–Trinajstić information content (AvgIpc) is 2.50. The molecule has 0 aromatic heterocycles. The molecule has 1 rings (SSSR count). The monoisotopic (exact) mass is 324 g/mol. The Morgan fingerprint density at radius 2 is 1.86 bits per heavy atom. The summed E-state index contributed by atoms with van der Waals surface area (Å²) in [5, 5.41) is 2.77. The van der Waals surface area contributed by atoms with E-state index in [-0.39, 0.29) is 17.3 Å². The molecular formula is C16H24N2O3S. The van der Waals surface area contributed by atoms with E-state index in [1.165, 1.54) is 18.2 Å². The van der Waals surface area contributed by atoms with E-state index >= 15 is 0 Å². The zero-order valence-electron chi connectivity index (χ0n) is 13.0. The second-order valence-electron chi connectivity index (χ2n) is 5.02. The van der Waals surface area contributed by atoms with E-state index in [0.29, 0.717) is 12.1 Å². The second kappa shape index (κ2) is 9.38. The van der Waals surface area contributed by atoms with Gasteiger partial charge < -0.3 is 5.32 Å². The Hall–Kier alpha value is -1.66. The van der Waals surface area contributed by atoms with Crippen molar-refractivity contribution in [3.8, 4) is 0 Å². The number of benzene rings is 1. The van der Waals surface area contributed by atoms with E-state index in [9.17, 15) is 13.2 Å². The van der Waals surface area contributed by atoms with Crippen LogP contribution in [0.2, 0.25) is 0 Å². The number of nitrogens with one attached hydrogen (secondary N) is 2. The molecule has 6 heteroatoms. The highest BCUT2D eigenvalue weighted by molar-refractivity contribution is 7.89. The Morgan fingerprint density at radius 3 is 2.45 bits per heavy atom. The van der Waals surface area contributed by atoms with Crippen LogP contribution in [0, 0.1) is 0 Å². The third-order valence-electron chi connectivity index (χ3n) is 3.12. The van der Waals surface area contributed by atoms with Crippen LogP contribution >= 0.6 is 0 Å². The summed E-state index contributed by atoms with van der Waals surface area (Å²) in [6.07, 6.45) is 6.16. The van der Waals surface area contributed by atoms with Crippen LogP contribution in [0.1, 0.15) is 39.0 Å². The number of amides is 1. The fraction of sp³-hybridized carbons (Fsp3) is 0.438. The minimum Gasteiger partial charge on any atom is -0.326 e. The summed E-state index contributed by atoms with van der Waals surface area (Å²) in [4.78, 5) is 11.9. The largest absolute Gasteiger partial charge is 0.326 e. The summed E-state index contributed by atoms with van der Waals surface area (Å²) in [5.74, 6) is -0.0449. The molecule has 0 aliphatic rings. The van der Waals surface area contributed by atoms with E-state index in [0.717, 1.165) is 25.7 Å². The second-order valence-corrected chi connectivity index (χ2v) is 6.79. The lowest BCUT2D eigenvalue weighted by atomic mass is 10.1. The number of rotatable bonds is 10. The number of carbonyl (C=O) groups is 1. The average molecular weight is 324 g/mol. The van der Waals surface area contributed by atoms with Crippen LogP contribution in [-0.4, -0.2) is 20.9 Å². The van der Waals surface area contributed by atoms with Gasteiger partial charge in [0.15, 0.2) is 0 Å². The zero-order chi connectivity index (χ0) is 16.4. The smallest absolute Gasteiger partial charge is 0.240 e. The maximum Gasteiger partial charge on any atom is 0.240 e. The van der Waals surface area contributed by atoms with Crippen molar-refractivity contribution < 1.29 is 13.2 Å². The maximum atomic E-state index is 11.9. The molecule has 0 fully saturated rings. The predicted octanol–water partition coefficient (Wildman–Crippen LogP) is 3.06. The molecular weight excluding hydrogens is 300 g/mol. The minimum absolute atomic E-state index is 0.0449. The van der Waals surface area contributed by atoms with E-state index in [1.54, 1.807) is 12.1 Å². The number of hydrogen-bond acceptors (Lipinski definition) is 3. The van der Waals surface area contributed by atoms with E-state index in [1.807, 2.05) is 0 Å². The normalized spacial score (nSPS) is 11.1. The van der Waals surface area contributed by atoms with Gasteiger partial charge in [0.1, 0.15) is 0 Å². The highest BCUT2D eigenvalue weighted by Gasteiger charge is 2.12. The molecule has 1 aromatic carbocycles. The van der Waals surface area contributed by atoms with Gasteiger partial charge in [-0.15, -0.1) is 6.58 Å². The van der Waals surface area contributed by atoms with Crippen LogP contribution in [0.25, 0.3) is 0 Å². The summed E-state index contributed by atoms with van der Waals surface area (Å²) < 4.78 is 26.2. The minimum atomic E-state index is -3.52. The third-order valence-corrected chi connectivity index (χ3v) is 4.56. The van der Waals surface area contributed by atoms with E-state index in [2.05, 4.69) is 23.5 Å². The van der Waals surface area contributed by atoms with Gasteiger partial charge in [-0.1, -0.05) is 32.3 Å². The molecule has 0 aliphatic carbocycles. The third kappa shape index (κ3) is 6.41. The highest BCUT2D eigenvalue weighted by atomic mass is 32.2. The van der Waals surface area contributed by atoms with Crippen LogP contribution in [0.3, 0.4) is 0 Å². The first-order valence-electron chi connectivity index (χ1n) is 7.50. The summed E-state index contributed by atoms with van der Waals surface area (Å²) in [6.45, 7) is 5.77. The molecule has 0 spiro atoms. The van der Waals surface area contributed by atoms with Crippen molar-refractivity contribution in [3.05, 3.63) is 36.9 Å². The molecule has 0 atom stereocenters. The van der Waals surface area contributed by atoms with Crippen molar-refractivity contribution in [3.63, 3.8) is 0 Å². The lowest BCUT2D eigenvalue weighted by Crippen LogP contribution is -2.23. The van der Waals surface area contributed by atoms with Gasteiger partial charge in [0.05, 0.1) is 4.90 Å². The van der Waals surface area contributed by atoms with Gasteiger partial charge >= 0.3 is 0 Å². The first-order valence-corrected chi connectivity index (χ1v) is 8.98. The quantitative estimate of drug-likeness (QED) is 0.513. The molecule has 0 bridgehead atoms. The SMILES string of the molecule is C=CCNS(=O)(=O)c1ccc(NC(=O)CCCCCC)cc1. The number of carbonyl (C=O) groups excluding carboxylic acids is 1. The van der Waals surface area contributed by atoms with Crippen LogP contribution in [0.15, 0.2) is 41.8 Å². The summed E-state index contributed by atoms with van der Waals surface area (Å²) >= 11 is 0. The topological polar surface area (TPSA) is 75.3 Å². The fourth-order valence-corrected chi connectivity index (χ4v) is 2.90. The molecule has 0 heterocycles. The van der Waals surface area contributed by atoms with Gasteiger partial charge in [0.2, 0.25) is 15.9 Å². The Bertz CT molecular complexity index is 580. The Kier molecular flexibility index (Phi) is 7.84. The zero-order valence-corrected chi connectivity index (χ0v) is 13.8. The van der Waals surface area contributed by atoms with Crippen LogP contribution in [0.5, 0.6) is 0 Å². The number of hydrogen-bond donors (Lipinski definition) is 2. The fourth-order valence-electron chi connectivity index (χ4n) is 1.91. The molecule has 0 radical (unpaired) electrons. The summed E-state index contributed by atoms with van der Waals surface area (Å²) in [5.41, 5.74) is 0.600. The van der Waals surface area contributed by atoms with Crippen molar-refractivity contribution in [2.45, 2.75) is 43.9 Å². The van der Waals surface area contributed by atoms with Gasteiger partial charge in [-0.2, -0.15) is 0 Å². The Morgan fingerprint density at radius 1 is 1.18 bits per heavy atom. The molecule has 0 saturated carbocycles. The lowest BCUT2D eigenvalue weighted by molar-refractivity contribution is -0.116. The van der Waals surface area contributed by atoms with Gasteiger partial charge in [-0.3, -0.25) is 4.79 Å². The van der Waals surface area contributed by atoms with Crippen LogP contribution in [0.4, 0.5) is 5.69 Å². The van der Waals surface area contributed by atoms with E-state index < -0.39 is 10.0 Å². The van der Waals surface area contributed by atoms with Gasteiger partial charge in [0.25, 0.3) is 0 Å². The molecule has 2 N–H and O–H groups in total. The Labute approximate surface area is 132 Å². The highest BCUT2D eigenvalue weighted by Crippen LogP contribution is 2.14. The van der Waals surface area contributed by atoms with Gasteiger partial charge in [-0.25, -0.2) is 13.1 Å². The predicted molar refractivity (Wildman–Crippen MR) is 89.2 cm³/mol. The van der Waals surface area contributed by atoms with Crippen molar-refractivity contribution in [2.75, 3.05) is 11.9 Å². The first kappa shape index (κ1) is 18.4. The molecule has 1 aromatic rings. The molecule has 0 saturated heterocycles. The van der Waals surface area contributed by atoms with E-state index in [4.69, 9.17) is 0 Å². The van der Waals surface area contributed by atoms with Crippen molar-refractivity contribution in [1.29, 1.82) is 0 Å². The Balaban J connectivity index is 2.54. The van der Waals surface area contributed by atoms with Crippen molar-refractivity contribution in [2.24, 2.45) is 0 Å². The maximum absolute atomic E-state index is 11.9. The molecule has 122 valence electrons. The number of anilines is 1. The van der Waals surface area contributed by atoms with Crippen molar-refractivity contribution in [1.82, 2.24) is 4.72 Å². The van der Waals surface area contributed by atoms with Gasteiger partial charge in [0, 0.05) is 18.7 Å². The first-order chi connectivity index (χ1) is 10.5. The number of sulfonamides is 1. The molecule has 1 amide bonds. The summed E-state index contributed by atoms with van der Waals surface area (Å²) in [7, 11) is -3.52. The molecule has 0 unspecified atom stereocenters.